The smallest absolute Gasteiger partial charge is 0.125 e. The van der Waals surface area contributed by atoms with Crippen LogP contribution in [0.15, 0.2) is 34.4 Å². The molecule has 0 aromatic carbocycles. The van der Waals surface area contributed by atoms with Crippen LogP contribution in [0, 0.1) is 13.8 Å². The van der Waals surface area contributed by atoms with Gasteiger partial charge in [0, 0.05) is 11.9 Å². The van der Waals surface area contributed by atoms with Crippen molar-refractivity contribution in [2.75, 3.05) is 5.73 Å². The predicted octanol–water partition coefficient (Wildman–Crippen LogP) is 3.48. The quantitative estimate of drug-likeness (QED) is 0.903. The van der Waals surface area contributed by atoms with E-state index in [9.17, 15) is 0 Å². The van der Waals surface area contributed by atoms with Gasteiger partial charge in [-0.05, 0) is 49.4 Å². The Morgan fingerprint density at radius 1 is 1.24 bits per heavy atom. The highest BCUT2D eigenvalue weighted by atomic mass is 35.5. The van der Waals surface area contributed by atoms with Crippen molar-refractivity contribution in [3.63, 3.8) is 0 Å². The van der Waals surface area contributed by atoms with Gasteiger partial charge in [-0.1, -0.05) is 11.6 Å². The Bertz CT molecular complexity index is 537. The summed E-state index contributed by atoms with van der Waals surface area (Å²) in [6.07, 6.45) is 1.59. The lowest BCUT2D eigenvalue weighted by atomic mass is 10.3. The zero-order valence-electron chi connectivity index (χ0n) is 9.57. The molecule has 2 aromatic rings. The number of aryl methyl sites for hydroxylation is 2. The molecule has 5 heteroatoms. The molecule has 0 amide bonds. The van der Waals surface area contributed by atoms with Gasteiger partial charge in [-0.25, -0.2) is 9.97 Å². The molecule has 17 heavy (non-hydrogen) atoms. The van der Waals surface area contributed by atoms with Crippen molar-refractivity contribution in [1.29, 1.82) is 0 Å². The Morgan fingerprint density at radius 3 is 2.65 bits per heavy atom. The molecule has 0 aliphatic heterocycles. The molecule has 0 unspecified atom stereocenters. The first-order valence-corrected chi connectivity index (χ1v) is 6.28. The molecule has 0 radical (unpaired) electrons. The molecule has 2 rings (SSSR count). The molecule has 0 bridgehead atoms. The zero-order chi connectivity index (χ0) is 12.4. The average Bonchev–Trinajstić information content (AvgIpc) is 2.21. The number of aromatic nitrogens is 2. The van der Waals surface area contributed by atoms with Crippen LogP contribution in [-0.4, -0.2) is 9.97 Å². The van der Waals surface area contributed by atoms with Crippen LogP contribution in [0.25, 0.3) is 0 Å². The van der Waals surface area contributed by atoms with E-state index in [0.717, 1.165) is 15.7 Å². The van der Waals surface area contributed by atoms with E-state index in [4.69, 9.17) is 17.3 Å². The summed E-state index contributed by atoms with van der Waals surface area (Å²) in [5.74, 6) is 0. The highest BCUT2D eigenvalue weighted by molar-refractivity contribution is 7.99. The lowest BCUT2D eigenvalue weighted by Crippen LogP contribution is -1.93. The summed E-state index contributed by atoms with van der Waals surface area (Å²) in [4.78, 5) is 8.63. The van der Waals surface area contributed by atoms with E-state index < -0.39 is 0 Å². The summed E-state index contributed by atoms with van der Waals surface area (Å²) >= 11 is 7.25. The van der Waals surface area contributed by atoms with E-state index in [0.29, 0.717) is 10.7 Å². The fourth-order valence-corrected chi connectivity index (χ4v) is 2.56. The lowest BCUT2D eigenvalue weighted by molar-refractivity contribution is 1.04. The summed E-state index contributed by atoms with van der Waals surface area (Å²) in [6.45, 7) is 4.01. The van der Waals surface area contributed by atoms with Crippen LogP contribution in [0.1, 0.15) is 11.3 Å². The molecule has 2 heterocycles. The van der Waals surface area contributed by atoms with Crippen molar-refractivity contribution in [3.8, 4) is 0 Å². The van der Waals surface area contributed by atoms with Gasteiger partial charge in [0.1, 0.15) is 10.1 Å². The molecule has 88 valence electrons. The highest BCUT2D eigenvalue weighted by Crippen LogP contribution is 2.30. The Labute approximate surface area is 109 Å². The molecule has 2 aromatic heterocycles. The molecular weight excluding hydrogens is 254 g/mol. The zero-order valence-corrected chi connectivity index (χ0v) is 11.1. The van der Waals surface area contributed by atoms with Crippen LogP contribution in [0.5, 0.6) is 0 Å². The number of hydrogen-bond acceptors (Lipinski definition) is 4. The maximum Gasteiger partial charge on any atom is 0.125 e. The largest absolute Gasteiger partial charge is 0.396 e. The van der Waals surface area contributed by atoms with Gasteiger partial charge in [0.25, 0.3) is 0 Å². The molecule has 3 nitrogen and oxygen atoms in total. The maximum absolute atomic E-state index is 5.85. The maximum atomic E-state index is 5.85. The normalized spacial score (nSPS) is 10.5. The van der Waals surface area contributed by atoms with Gasteiger partial charge in [0.15, 0.2) is 0 Å². The van der Waals surface area contributed by atoms with E-state index >= 15 is 0 Å². The van der Waals surface area contributed by atoms with Gasteiger partial charge >= 0.3 is 0 Å². The summed E-state index contributed by atoms with van der Waals surface area (Å²) in [5.41, 5.74) is 8.58. The van der Waals surface area contributed by atoms with Crippen LogP contribution in [0.2, 0.25) is 5.02 Å². The van der Waals surface area contributed by atoms with Gasteiger partial charge in [-0.15, -0.1) is 0 Å². The van der Waals surface area contributed by atoms with Crippen LogP contribution in [-0.2, 0) is 0 Å². The average molecular weight is 266 g/mol. The Morgan fingerprint density at radius 2 is 2.00 bits per heavy atom. The summed E-state index contributed by atoms with van der Waals surface area (Å²) in [6, 6.07) is 5.73. The Kier molecular flexibility index (Phi) is 3.54. The third-order valence-corrected chi connectivity index (χ3v) is 3.28. The standard InChI is InChI=1S/C12H12ClN3S/c1-7-3-8(2)16-11(4-7)17-12-10(14)5-9(13)6-15-12/h3-6H,14H2,1-2H3. The second kappa shape index (κ2) is 4.94. The Balaban J connectivity index is 2.31. The minimum atomic E-state index is 0.542. The molecule has 0 spiro atoms. The van der Waals surface area contributed by atoms with Crippen molar-refractivity contribution >= 4 is 29.1 Å². The number of nitrogens with two attached hydrogens (primary N) is 1. The van der Waals surface area contributed by atoms with Crippen LogP contribution in [0.3, 0.4) is 0 Å². The first-order valence-electron chi connectivity index (χ1n) is 5.09. The van der Waals surface area contributed by atoms with Crippen LogP contribution < -0.4 is 5.73 Å². The first kappa shape index (κ1) is 12.2. The molecule has 0 saturated heterocycles. The summed E-state index contributed by atoms with van der Waals surface area (Å²) < 4.78 is 0. The number of hydrogen-bond donors (Lipinski definition) is 1. The van der Waals surface area contributed by atoms with E-state index in [2.05, 4.69) is 9.97 Å². The van der Waals surface area contributed by atoms with Gasteiger partial charge < -0.3 is 5.73 Å². The van der Waals surface area contributed by atoms with E-state index in [-0.39, 0.29) is 0 Å². The minimum absolute atomic E-state index is 0.542. The van der Waals surface area contributed by atoms with E-state index in [1.54, 1.807) is 12.3 Å². The molecular formula is C12H12ClN3S. The minimum Gasteiger partial charge on any atom is -0.396 e. The topological polar surface area (TPSA) is 51.8 Å². The van der Waals surface area contributed by atoms with Gasteiger partial charge in [0.2, 0.25) is 0 Å². The van der Waals surface area contributed by atoms with Crippen LogP contribution >= 0.6 is 23.4 Å². The highest BCUT2D eigenvalue weighted by Gasteiger charge is 2.06. The molecule has 0 saturated carbocycles. The summed E-state index contributed by atoms with van der Waals surface area (Å²) in [7, 11) is 0. The van der Waals surface area contributed by atoms with Crippen molar-refractivity contribution in [1.82, 2.24) is 9.97 Å². The van der Waals surface area contributed by atoms with Gasteiger partial charge in [0.05, 0.1) is 10.7 Å². The fraction of sp³-hybridized carbons (Fsp3) is 0.167. The first-order chi connectivity index (χ1) is 8.04. The number of pyridine rings is 2. The number of nitrogen functional groups attached to an aromatic ring is 1. The number of halogens is 1. The summed E-state index contributed by atoms with van der Waals surface area (Å²) in [5, 5.41) is 2.16. The third-order valence-electron chi connectivity index (χ3n) is 2.12. The van der Waals surface area contributed by atoms with E-state index in [1.807, 2.05) is 26.0 Å². The number of nitrogens with zero attached hydrogens (tertiary/aromatic N) is 2. The van der Waals surface area contributed by atoms with Crippen molar-refractivity contribution < 1.29 is 0 Å². The van der Waals surface area contributed by atoms with Crippen LogP contribution in [0.4, 0.5) is 5.69 Å². The molecule has 0 atom stereocenters. The second-order valence-corrected chi connectivity index (χ2v) is 5.22. The third kappa shape index (κ3) is 3.11. The molecule has 0 aliphatic rings. The van der Waals surface area contributed by atoms with Crippen molar-refractivity contribution in [2.24, 2.45) is 0 Å². The van der Waals surface area contributed by atoms with E-state index in [1.165, 1.54) is 17.3 Å². The second-order valence-electron chi connectivity index (χ2n) is 3.77. The SMILES string of the molecule is Cc1cc(C)nc(Sc2ncc(Cl)cc2N)c1. The van der Waals surface area contributed by atoms with Gasteiger partial charge in [-0.2, -0.15) is 0 Å². The lowest BCUT2D eigenvalue weighted by Gasteiger charge is -2.05. The fourth-order valence-electron chi connectivity index (χ4n) is 1.48. The van der Waals surface area contributed by atoms with Crippen molar-refractivity contribution in [3.05, 3.63) is 40.7 Å². The van der Waals surface area contributed by atoms with Crippen molar-refractivity contribution in [2.45, 2.75) is 23.9 Å². The Hall–Kier alpha value is -1.26. The monoisotopic (exact) mass is 265 g/mol. The molecule has 2 N–H and O–H groups in total. The van der Waals surface area contributed by atoms with Gasteiger partial charge in [-0.3, -0.25) is 0 Å². The number of anilines is 1. The number of rotatable bonds is 2. The predicted molar refractivity (Wildman–Crippen MR) is 71.5 cm³/mol. The molecule has 0 aliphatic carbocycles. The molecule has 0 fully saturated rings.